The Hall–Kier alpha value is -3.07. The summed E-state index contributed by atoms with van der Waals surface area (Å²) < 4.78 is 43.5. The number of benzene rings is 1. The van der Waals surface area contributed by atoms with Gasteiger partial charge in [-0.25, -0.2) is 4.98 Å². The first-order valence-corrected chi connectivity index (χ1v) is 8.50. The maximum Gasteiger partial charge on any atom is 0.416 e. The molecule has 5 nitrogen and oxygen atoms in total. The van der Waals surface area contributed by atoms with E-state index >= 15 is 0 Å². The molecule has 0 aliphatic heterocycles. The number of alkyl halides is 3. The van der Waals surface area contributed by atoms with Crippen LogP contribution >= 0.6 is 12.2 Å². The van der Waals surface area contributed by atoms with Gasteiger partial charge in [0.2, 0.25) is 5.88 Å². The lowest BCUT2D eigenvalue weighted by Gasteiger charge is -2.17. The summed E-state index contributed by atoms with van der Waals surface area (Å²) in [6, 6.07) is 6.28. The zero-order valence-corrected chi connectivity index (χ0v) is 15.0. The smallest absolute Gasteiger partial charge is 0.416 e. The van der Waals surface area contributed by atoms with Crippen molar-refractivity contribution in [2.24, 2.45) is 0 Å². The fourth-order valence-corrected chi connectivity index (χ4v) is 2.67. The number of pyridine rings is 1. The van der Waals surface area contributed by atoms with Crippen molar-refractivity contribution in [3.63, 3.8) is 0 Å². The lowest BCUT2D eigenvalue weighted by Crippen LogP contribution is -2.43. The minimum absolute atomic E-state index is 0.0192. The van der Waals surface area contributed by atoms with E-state index < -0.39 is 23.7 Å². The number of nitrogens with one attached hydrogen (secondary N) is 1. The molecule has 1 unspecified atom stereocenters. The van der Waals surface area contributed by atoms with E-state index in [0.29, 0.717) is 6.42 Å². The molecule has 0 saturated carbocycles. The van der Waals surface area contributed by atoms with Crippen molar-refractivity contribution in [1.82, 2.24) is 10.3 Å². The van der Waals surface area contributed by atoms with E-state index in [-0.39, 0.29) is 27.8 Å². The van der Waals surface area contributed by atoms with E-state index in [0.717, 1.165) is 12.1 Å². The molecule has 1 atom stereocenters. The Labute approximate surface area is 163 Å². The van der Waals surface area contributed by atoms with Gasteiger partial charge in [0.1, 0.15) is 11.8 Å². The minimum Gasteiger partial charge on any atom is -0.439 e. The van der Waals surface area contributed by atoms with Gasteiger partial charge in [0, 0.05) is 18.7 Å². The van der Waals surface area contributed by atoms with Gasteiger partial charge >= 0.3 is 6.18 Å². The van der Waals surface area contributed by atoms with Gasteiger partial charge < -0.3 is 10.1 Å². The van der Waals surface area contributed by atoms with E-state index in [4.69, 9.17) is 17.0 Å². The number of allylic oxidation sites excluding steroid dienone is 1. The maximum absolute atomic E-state index is 12.7. The zero-order valence-electron chi connectivity index (χ0n) is 14.2. The number of ketones is 1. The molecule has 0 bridgehead atoms. The molecule has 0 spiro atoms. The minimum atomic E-state index is -4.48. The number of hydrogen-bond donors (Lipinski definition) is 1. The number of hydrogen-bond acceptors (Lipinski definition) is 5. The van der Waals surface area contributed by atoms with Gasteiger partial charge in [0.05, 0.1) is 16.0 Å². The summed E-state index contributed by atoms with van der Waals surface area (Å²) in [6.45, 7) is 0. The van der Waals surface area contributed by atoms with E-state index in [1.54, 1.807) is 12.2 Å². The Bertz CT molecular complexity index is 956. The number of carbonyl (C=O) groups excluding carboxylic acids is 2. The van der Waals surface area contributed by atoms with Gasteiger partial charge in [0.25, 0.3) is 5.91 Å². The molecular weight excluding hydrogens is 393 g/mol. The van der Waals surface area contributed by atoms with Crippen molar-refractivity contribution in [3.05, 3.63) is 65.9 Å². The molecule has 28 heavy (non-hydrogen) atoms. The average molecular weight is 406 g/mol. The maximum atomic E-state index is 12.7. The molecule has 1 N–H and O–H groups in total. The standard InChI is InChI=1S/C19H13F3N2O3S/c20-19(21,22)12-3-1-4-13(9-12)27-16-8-7-11(10-23-16)18(26)24-14-5-2-6-15(28)17(14)25/h1-5,7-10,14H,6H2,(H,24,26). The second-order valence-electron chi connectivity index (χ2n) is 5.88. The molecule has 1 aliphatic rings. The molecule has 1 aliphatic carbocycles. The highest BCUT2D eigenvalue weighted by atomic mass is 32.1. The SMILES string of the molecule is O=C(NC1C=CCC(=S)C1=O)c1ccc(Oc2cccc(C(F)(F)F)c2)nc1. The Morgan fingerprint density at radius 2 is 2.04 bits per heavy atom. The van der Waals surface area contributed by atoms with Crippen LogP contribution in [0.3, 0.4) is 0 Å². The Balaban J connectivity index is 1.67. The van der Waals surface area contributed by atoms with E-state index in [1.165, 1.54) is 30.5 Å². The summed E-state index contributed by atoms with van der Waals surface area (Å²) >= 11 is 4.93. The first-order chi connectivity index (χ1) is 13.2. The number of amides is 1. The van der Waals surface area contributed by atoms with Gasteiger partial charge in [-0.1, -0.05) is 30.4 Å². The first kappa shape index (κ1) is 19.7. The number of thiocarbonyl (C=S) groups is 1. The number of carbonyl (C=O) groups is 2. The molecule has 0 fully saturated rings. The van der Waals surface area contributed by atoms with Crippen LogP contribution in [0.1, 0.15) is 22.3 Å². The molecule has 9 heteroatoms. The van der Waals surface area contributed by atoms with Crippen LogP contribution in [0.15, 0.2) is 54.7 Å². The van der Waals surface area contributed by atoms with E-state index in [9.17, 15) is 22.8 Å². The molecule has 3 rings (SSSR count). The third kappa shape index (κ3) is 4.61. The summed E-state index contributed by atoms with van der Waals surface area (Å²) in [7, 11) is 0. The van der Waals surface area contributed by atoms with Crippen molar-refractivity contribution in [1.29, 1.82) is 0 Å². The molecule has 1 heterocycles. The molecule has 0 saturated heterocycles. The van der Waals surface area contributed by atoms with Crippen molar-refractivity contribution in [3.8, 4) is 11.6 Å². The molecule has 0 radical (unpaired) electrons. The van der Waals surface area contributed by atoms with Gasteiger partial charge in [-0.2, -0.15) is 13.2 Å². The number of Topliss-reactive ketones (excluding diaryl/α,β-unsaturated/α-hetero) is 1. The Morgan fingerprint density at radius 1 is 1.25 bits per heavy atom. The largest absolute Gasteiger partial charge is 0.439 e. The van der Waals surface area contributed by atoms with Crippen LogP contribution in [0, 0.1) is 0 Å². The normalized spacial score (nSPS) is 16.8. The van der Waals surface area contributed by atoms with Crippen molar-refractivity contribution < 1.29 is 27.5 Å². The van der Waals surface area contributed by atoms with Crippen molar-refractivity contribution in [2.45, 2.75) is 18.6 Å². The van der Waals surface area contributed by atoms with Crippen LogP contribution in [-0.4, -0.2) is 27.6 Å². The number of ether oxygens (including phenoxy) is 1. The van der Waals surface area contributed by atoms with Gasteiger partial charge in [-0.3, -0.25) is 9.59 Å². The van der Waals surface area contributed by atoms with Crippen LogP contribution in [0.2, 0.25) is 0 Å². The fraction of sp³-hybridized carbons (Fsp3) is 0.158. The highest BCUT2D eigenvalue weighted by Crippen LogP contribution is 2.32. The third-order valence-electron chi connectivity index (χ3n) is 3.86. The fourth-order valence-electron chi connectivity index (χ4n) is 2.44. The lowest BCUT2D eigenvalue weighted by atomic mass is 10.0. The first-order valence-electron chi connectivity index (χ1n) is 8.10. The summed E-state index contributed by atoms with van der Waals surface area (Å²) in [4.78, 5) is 28.3. The second kappa shape index (κ2) is 7.89. The number of nitrogens with zero attached hydrogens (tertiary/aromatic N) is 1. The monoisotopic (exact) mass is 406 g/mol. The van der Waals surface area contributed by atoms with Crippen LogP contribution in [0.4, 0.5) is 13.2 Å². The average Bonchev–Trinajstić information content (AvgIpc) is 2.65. The Morgan fingerprint density at radius 3 is 2.71 bits per heavy atom. The second-order valence-corrected chi connectivity index (χ2v) is 6.38. The van der Waals surface area contributed by atoms with E-state index in [2.05, 4.69) is 10.3 Å². The number of rotatable bonds is 4. The zero-order chi connectivity index (χ0) is 20.3. The van der Waals surface area contributed by atoms with Crippen LogP contribution in [-0.2, 0) is 11.0 Å². The predicted octanol–water partition coefficient (Wildman–Crippen LogP) is 3.89. The van der Waals surface area contributed by atoms with E-state index in [1.807, 2.05) is 0 Å². The highest BCUT2D eigenvalue weighted by Gasteiger charge is 2.30. The highest BCUT2D eigenvalue weighted by molar-refractivity contribution is 7.82. The summed E-state index contributed by atoms with van der Waals surface area (Å²) in [5, 5.41) is 2.54. The van der Waals surface area contributed by atoms with Gasteiger partial charge in [-0.05, 0) is 24.3 Å². The molecule has 1 aromatic carbocycles. The molecule has 1 amide bonds. The van der Waals surface area contributed by atoms with Gasteiger partial charge in [0.15, 0.2) is 5.78 Å². The number of halogens is 3. The summed E-state index contributed by atoms with van der Waals surface area (Å²) in [5.41, 5.74) is -0.682. The topological polar surface area (TPSA) is 68.3 Å². The predicted molar refractivity (Wildman–Crippen MR) is 98.4 cm³/mol. The van der Waals surface area contributed by atoms with Crippen molar-refractivity contribution >= 4 is 28.8 Å². The molecule has 1 aromatic heterocycles. The van der Waals surface area contributed by atoms with Crippen LogP contribution < -0.4 is 10.1 Å². The Kier molecular flexibility index (Phi) is 5.55. The van der Waals surface area contributed by atoms with Crippen LogP contribution in [0.5, 0.6) is 11.6 Å². The molecule has 144 valence electrons. The lowest BCUT2D eigenvalue weighted by molar-refractivity contribution is -0.137. The number of aromatic nitrogens is 1. The quantitative estimate of drug-likeness (QED) is 0.616. The van der Waals surface area contributed by atoms with Crippen LogP contribution in [0.25, 0.3) is 0 Å². The third-order valence-corrected chi connectivity index (χ3v) is 4.23. The van der Waals surface area contributed by atoms with Gasteiger partial charge in [-0.15, -0.1) is 0 Å². The summed E-state index contributed by atoms with van der Waals surface area (Å²) in [6.07, 6.45) is 0.368. The molecular formula is C19H13F3N2O3S. The summed E-state index contributed by atoms with van der Waals surface area (Å²) in [5.74, 6) is -0.884. The molecule has 2 aromatic rings. The van der Waals surface area contributed by atoms with Crippen molar-refractivity contribution in [2.75, 3.05) is 0 Å².